The van der Waals surface area contributed by atoms with Gasteiger partial charge in [0.25, 0.3) is 0 Å². The number of hydrogen-bond acceptors (Lipinski definition) is 5. The number of nitrogens with one attached hydrogen (secondary N) is 1. The molecule has 0 aliphatic heterocycles. The Morgan fingerprint density at radius 3 is 3.20 bits per heavy atom. The van der Waals surface area contributed by atoms with E-state index in [1.54, 1.807) is 13.4 Å². The number of ether oxygens (including phenoxy) is 1. The predicted octanol–water partition coefficient (Wildman–Crippen LogP) is 1.84. The molecule has 2 aromatic rings. The Bertz CT molecular complexity index is 550. The number of aromatic nitrogens is 1. The Morgan fingerprint density at radius 1 is 1.65 bits per heavy atom. The van der Waals surface area contributed by atoms with Gasteiger partial charge in [-0.25, -0.2) is 9.98 Å². The van der Waals surface area contributed by atoms with E-state index in [0.29, 0.717) is 19.1 Å². The standard InChI is InChI=1S/C13H18N4O2S/c1-9(7-18-2)16-13(14)15-6-10-8-20-12(17-10)11-4-3-5-19-11/h3-5,8-9H,6-7H2,1-2H3,(H3,14,15,16). The van der Waals surface area contributed by atoms with Crippen molar-refractivity contribution in [2.24, 2.45) is 10.7 Å². The van der Waals surface area contributed by atoms with E-state index in [2.05, 4.69) is 15.3 Å². The Hall–Kier alpha value is -1.86. The topological polar surface area (TPSA) is 85.7 Å². The highest BCUT2D eigenvalue weighted by molar-refractivity contribution is 7.13. The highest BCUT2D eigenvalue weighted by Crippen LogP contribution is 2.24. The van der Waals surface area contributed by atoms with Gasteiger partial charge in [-0.2, -0.15) is 0 Å². The summed E-state index contributed by atoms with van der Waals surface area (Å²) < 4.78 is 10.3. The number of nitrogens with zero attached hydrogens (tertiary/aromatic N) is 2. The smallest absolute Gasteiger partial charge is 0.189 e. The fourth-order valence-corrected chi connectivity index (χ4v) is 2.43. The number of rotatable bonds is 6. The molecule has 3 N–H and O–H groups in total. The molecule has 0 aliphatic carbocycles. The first-order valence-electron chi connectivity index (χ1n) is 6.22. The van der Waals surface area contributed by atoms with Gasteiger partial charge in [0.2, 0.25) is 0 Å². The van der Waals surface area contributed by atoms with E-state index in [0.717, 1.165) is 16.5 Å². The van der Waals surface area contributed by atoms with Crippen LogP contribution in [0, 0.1) is 0 Å². The molecule has 0 bridgehead atoms. The second kappa shape index (κ2) is 7.06. The van der Waals surface area contributed by atoms with E-state index in [9.17, 15) is 0 Å². The van der Waals surface area contributed by atoms with Crippen molar-refractivity contribution in [3.05, 3.63) is 29.5 Å². The lowest BCUT2D eigenvalue weighted by atomic mass is 10.4. The normalized spacial score (nSPS) is 13.4. The molecule has 0 amide bonds. The van der Waals surface area contributed by atoms with Crippen LogP contribution in [0.2, 0.25) is 0 Å². The molecule has 7 heteroatoms. The van der Waals surface area contributed by atoms with Gasteiger partial charge in [0, 0.05) is 18.5 Å². The third-order valence-electron chi connectivity index (χ3n) is 2.51. The average molecular weight is 294 g/mol. The molecule has 2 aromatic heterocycles. The Kier molecular flexibility index (Phi) is 5.14. The van der Waals surface area contributed by atoms with Crippen molar-refractivity contribution in [1.82, 2.24) is 10.3 Å². The SMILES string of the molecule is COCC(C)NC(N)=NCc1csc(-c2ccco2)n1. The van der Waals surface area contributed by atoms with Crippen LogP contribution in [-0.4, -0.2) is 30.7 Å². The zero-order valence-corrected chi connectivity index (χ0v) is 12.3. The maximum atomic E-state index is 5.79. The lowest BCUT2D eigenvalue weighted by Gasteiger charge is -2.12. The molecule has 2 heterocycles. The largest absolute Gasteiger partial charge is 0.462 e. The summed E-state index contributed by atoms with van der Waals surface area (Å²) in [7, 11) is 1.65. The molecule has 0 fully saturated rings. The second-order valence-corrected chi connectivity index (χ2v) is 5.18. The number of guanidine groups is 1. The van der Waals surface area contributed by atoms with Crippen molar-refractivity contribution in [1.29, 1.82) is 0 Å². The van der Waals surface area contributed by atoms with Crippen molar-refractivity contribution in [2.75, 3.05) is 13.7 Å². The minimum atomic E-state index is 0.123. The highest BCUT2D eigenvalue weighted by Gasteiger charge is 2.07. The molecule has 20 heavy (non-hydrogen) atoms. The van der Waals surface area contributed by atoms with Crippen molar-refractivity contribution in [3.8, 4) is 10.8 Å². The Labute approximate surface area is 121 Å². The van der Waals surface area contributed by atoms with Gasteiger partial charge in [-0.3, -0.25) is 0 Å². The van der Waals surface area contributed by atoms with E-state index in [-0.39, 0.29) is 6.04 Å². The number of aliphatic imine (C=N–C) groups is 1. The Morgan fingerprint density at radius 2 is 2.50 bits per heavy atom. The zero-order chi connectivity index (χ0) is 14.4. The summed E-state index contributed by atoms with van der Waals surface area (Å²) in [5, 5.41) is 5.84. The fraction of sp³-hybridized carbons (Fsp3) is 0.385. The molecule has 0 saturated carbocycles. The third-order valence-corrected chi connectivity index (χ3v) is 3.41. The molecule has 1 unspecified atom stereocenters. The number of thiazole rings is 1. The van der Waals surface area contributed by atoms with Crippen molar-refractivity contribution < 1.29 is 9.15 Å². The predicted molar refractivity (Wildman–Crippen MR) is 79.6 cm³/mol. The lowest BCUT2D eigenvalue weighted by Crippen LogP contribution is -2.40. The van der Waals surface area contributed by atoms with Crippen LogP contribution in [0.15, 0.2) is 33.2 Å². The maximum Gasteiger partial charge on any atom is 0.189 e. The van der Waals surface area contributed by atoms with Crippen molar-refractivity contribution in [2.45, 2.75) is 19.5 Å². The van der Waals surface area contributed by atoms with Crippen LogP contribution in [0.4, 0.5) is 0 Å². The summed E-state index contributed by atoms with van der Waals surface area (Å²) in [6.45, 7) is 3.00. The van der Waals surface area contributed by atoms with Crippen LogP contribution in [-0.2, 0) is 11.3 Å². The molecule has 0 saturated heterocycles. The van der Waals surface area contributed by atoms with Gasteiger partial charge in [-0.05, 0) is 19.1 Å². The van der Waals surface area contributed by atoms with Gasteiger partial charge in [0.15, 0.2) is 16.7 Å². The average Bonchev–Trinajstić information content (AvgIpc) is 3.07. The summed E-state index contributed by atoms with van der Waals surface area (Å²) in [6, 6.07) is 3.85. The van der Waals surface area contributed by atoms with Gasteiger partial charge >= 0.3 is 0 Å². The lowest BCUT2D eigenvalue weighted by molar-refractivity contribution is 0.179. The first-order chi connectivity index (χ1) is 9.69. The van der Waals surface area contributed by atoms with Gasteiger partial charge in [0.1, 0.15) is 0 Å². The van der Waals surface area contributed by atoms with Gasteiger partial charge in [0.05, 0.1) is 25.1 Å². The monoisotopic (exact) mass is 294 g/mol. The molecule has 108 valence electrons. The van der Waals surface area contributed by atoms with Crippen LogP contribution in [0.3, 0.4) is 0 Å². The van der Waals surface area contributed by atoms with E-state index in [1.165, 1.54) is 11.3 Å². The zero-order valence-electron chi connectivity index (χ0n) is 11.5. The minimum absolute atomic E-state index is 0.123. The quantitative estimate of drug-likeness (QED) is 0.627. The van der Waals surface area contributed by atoms with E-state index < -0.39 is 0 Å². The summed E-state index contributed by atoms with van der Waals surface area (Å²) >= 11 is 1.53. The van der Waals surface area contributed by atoms with Crippen LogP contribution in [0.25, 0.3) is 10.8 Å². The molecule has 2 rings (SSSR count). The summed E-state index contributed by atoms with van der Waals surface area (Å²) in [6.07, 6.45) is 1.63. The molecule has 0 spiro atoms. The highest BCUT2D eigenvalue weighted by atomic mass is 32.1. The maximum absolute atomic E-state index is 5.79. The van der Waals surface area contributed by atoms with Crippen molar-refractivity contribution >= 4 is 17.3 Å². The van der Waals surface area contributed by atoms with E-state index >= 15 is 0 Å². The molecular weight excluding hydrogens is 276 g/mol. The molecule has 1 atom stereocenters. The first-order valence-corrected chi connectivity index (χ1v) is 7.10. The van der Waals surface area contributed by atoms with Crippen LogP contribution in [0.5, 0.6) is 0 Å². The summed E-state index contributed by atoms with van der Waals surface area (Å²) in [5.74, 6) is 1.16. The molecule has 0 aliphatic rings. The van der Waals surface area contributed by atoms with E-state index in [4.69, 9.17) is 14.9 Å². The van der Waals surface area contributed by atoms with E-state index in [1.807, 2.05) is 24.4 Å². The van der Waals surface area contributed by atoms with Crippen LogP contribution < -0.4 is 11.1 Å². The molecular formula is C13H18N4O2S. The van der Waals surface area contributed by atoms with Crippen molar-refractivity contribution in [3.63, 3.8) is 0 Å². The first kappa shape index (κ1) is 14.5. The molecule has 0 aromatic carbocycles. The summed E-state index contributed by atoms with van der Waals surface area (Å²) in [5.41, 5.74) is 6.66. The van der Waals surface area contributed by atoms with Gasteiger partial charge in [-0.1, -0.05) is 0 Å². The number of furan rings is 1. The summed E-state index contributed by atoms with van der Waals surface area (Å²) in [4.78, 5) is 8.70. The molecule has 6 nitrogen and oxygen atoms in total. The number of nitrogens with two attached hydrogens (primary N) is 1. The van der Waals surface area contributed by atoms with Crippen LogP contribution in [0.1, 0.15) is 12.6 Å². The van der Waals surface area contributed by atoms with Crippen LogP contribution >= 0.6 is 11.3 Å². The minimum Gasteiger partial charge on any atom is -0.462 e. The number of methoxy groups -OCH3 is 1. The van der Waals surface area contributed by atoms with Gasteiger partial charge in [-0.15, -0.1) is 11.3 Å². The molecule has 0 radical (unpaired) electrons. The fourth-order valence-electron chi connectivity index (χ4n) is 1.65. The second-order valence-electron chi connectivity index (χ2n) is 4.32. The number of hydrogen-bond donors (Lipinski definition) is 2. The third kappa shape index (κ3) is 4.07. The van der Waals surface area contributed by atoms with Gasteiger partial charge < -0.3 is 20.2 Å². The Balaban J connectivity index is 1.90.